The number of ketones is 1. The van der Waals surface area contributed by atoms with Crippen LogP contribution >= 0.6 is 23.2 Å². The van der Waals surface area contributed by atoms with Gasteiger partial charge in [0.2, 0.25) is 5.78 Å². The van der Waals surface area contributed by atoms with Gasteiger partial charge in [0.15, 0.2) is 5.76 Å². The highest BCUT2D eigenvalue weighted by Gasteiger charge is 2.31. The summed E-state index contributed by atoms with van der Waals surface area (Å²) in [4.78, 5) is 14.0. The topological polar surface area (TPSA) is 53.8 Å². The van der Waals surface area contributed by atoms with Gasteiger partial charge in [0.1, 0.15) is 18.8 Å². The summed E-state index contributed by atoms with van der Waals surface area (Å²) in [6, 6.07) is 18.0. The zero-order chi connectivity index (χ0) is 21.3. The number of ether oxygens (including phenoxy) is 1. The van der Waals surface area contributed by atoms with Crippen molar-refractivity contribution in [2.24, 2.45) is 0 Å². The van der Waals surface area contributed by atoms with E-state index in [1.54, 1.807) is 24.3 Å². The summed E-state index contributed by atoms with van der Waals surface area (Å²) >= 11 is 12.2. The molecule has 152 valence electrons. The molecule has 1 heterocycles. The Bertz CT molecular complexity index is 1140. The summed E-state index contributed by atoms with van der Waals surface area (Å²) in [6.07, 6.45) is 1.58. The van der Waals surface area contributed by atoms with Crippen molar-refractivity contribution in [2.75, 3.05) is 7.05 Å². The zero-order valence-electron chi connectivity index (χ0n) is 16.2. The Labute approximate surface area is 184 Å². The minimum absolute atomic E-state index is 0.139. The molecule has 1 unspecified atom stereocenters. The molecule has 0 radical (unpaired) electrons. The van der Waals surface area contributed by atoms with Gasteiger partial charge >= 0.3 is 0 Å². The number of carbonyl (C=O) groups excluding carboxylic acids is 1. The van der Waals surface area contributed by atoms with Crippen LogP contribution in [0.25, 0.3) is 6.08 Å². The molecule has 4 nitrogen and oxygen atoms in total. The van der Waals surface area contributed by atoms with E-state index in [1.807, 2.05) is 37.4 Å². The molecule has 1 atom stereocenters. The Balaban J connectivity index is 1.62. The fourth-order valence-corrected chi connectivity index (χ4v) is 3.99. The van der Waals surface area contributed by atoms with Crippen LogP contribution < -0.4 is 14.7 Å². The van der Waals surface area contributed by atoms with Crippen molar-refractivity contribution < 1.29 is 19.5 Å². The lowest BCUT2D eigenvalue weighted by molar-refractivity contribution is -0.907. The van der Waals surface area contributed by atoms with E-state index in [0.29, 0.717) is 39.0 Å². The van der Waals surface area contributed by atoms with Gasteiger partial charge in [0.05, 0.1) is 12.6 Å². The van der Waals surface area contributed by atoms with Crippen LogP contribution in [0.5, 0.6) is 11.5 Å². The molecule has 6 heteroatoms. The van der Waals surface area contributed by atoms with Crippen LogP contribution in [0.2, 0.25) is 10.0 Å². The van der Waals surface area contributed by atoms with Crippen LogP contribution in [-0.4, -0.2) is 12.8 Å². The highest BCUT2D eigenvalue weighted by molar-refractivity contribution is 6.35. The van der Waals surface area contributed by atoms with Gasteiger partial charge in [-0.25, -0.2) is 0 Å². The standard InChI is InChI=1S/C24H19Cl2NO3/c1-27(13-15-5-3-2-4-6-15)14-19-21(28)10-9-18-23(29)22(30-24(18)19)11-16-7-8-17(25)12-20(16)26/h2-12,28H,13-14H2,1H3. The first-order valence-electron chi connectivity index (χ1n) is 9.50. The van der Waals surface area contributed by atoms with Crippen molar-refractivity contribution in [3.63, 3.8) is 0 Å². The molecule has 1 aliphatic heterocycles. The summed E-state index contributed by atoms with van der Waals surface area (Å²) in [6.45, 7) is 1.19. The van der Waals surface area contributed by atoms with Gasteiger partial charge in [-0.1, -0.05) is 71.4 Å². The third-order valence-electron chi connectivity index (χ3n) is 4.97. The Morgan fingerprint density at radius 3 is 2.53 bits per heavy atom. The van der Waals surface area contributed by atoms with Gasteiger partial charge in [-0.2, -0.15) is 0 Å². The predicted molar refractivity (Wildman–Crippen MR) is 116 cm³/mol. The maximum absolute atomic E-state index is 12.8. The summed E-state index contributed by atoms with van der Waals surface area (Å²) < 4.78 is 5.88. The van der Waals surface area contributed by atoms with Crippen molar-refractivity contribution in [3.8, 4) is 11.5 Å². The number of nitrogens with one attached hydrogen (secondary N) is 1. The largest absolute Gasteiger partial charge is 0.872 e. The van der Waals surface area contributed by atoms with Crippen LogP contribution in [0.4, 0.5) is 0 Å². The fourth-order valence-electron chi connectivity index (χ4n) is 3.52. The molecule has 1 aliphatic rings. The van der Waals surface area contributed by atoms with E-state index < -0.39 is 0 Å². The van der Waals surface area contributed by atoms with Gasteiger partial charge in [0, 0.05) is 21.2 Å². The van der Waals surface area contributed by atoms with Gasteiger partial charge in [0.25, 0.3) is 0 Å². The Kier molecular flexibility index (Phi) is 5.82. The minimum Gasteiger partial charge on any atom is -0.872 e. The normalized spacial score (nSPS) is 15.2. The lowest BCUT2D eigenvalue weighted by Crippen LogP contribution is -3.06. The first-order chi connectivity index (χ1) is 14.4. The molecule has 0 saturated carbocycles. The fraction of sp³-hybridized carbons (Fsp3) is 0.125. The lowest BCUT2D eigenvalue weighted by atomic mass is 10.0. The molecule has 0 bridgehead atoms. The van der Waals surface area contributed by atoms with Crippen molar-refractivity contribution in [3.05, 3.63) is 98.7 Å². The molecular formula is C24H19Cl2NO3. The van der Waals surface area contributed by atoms with Crippen LogP contribution in [0.15, 0.2) is 66.4 Å². The number of rotatable bonds is 5. The molecule has 30 heavy (non-hydrogen) atoms. The SMILES string of the molecule is C[NH+](Cc1ccccc1)Cc1c([O-])ccc2c1OC(=Cc1ccc(Cl)cc1Cl)C2=O. The molecule has 3 aromatic rings. The number of hydrogen-bond donors (Lipinski definition) is 1. The number of Topliss-reactive ketones (excluding diaryl/α,β-unsaturated/α-hetero) is 1. The molecule has 0 aliphatic carbocycles. The number of halogens is 2. The number of benzene rings is 3. The van der Waals surface area contributed by atoms with Gasteiger partial charge in [-0.3, -0.25) is 4.79 Å². The first-order valence-corrected chi connectivity index (χ1v) is 10.3. The second-order valence-electron chi connectivity index (χ2n) is 7.32. The van der Waals surface area contributed by atoms with Crippen molar-refractivity contribution in [2.45, 2.75) is 13.1 Å². The zero-order valence-corrected chi connectivity index (χ0v) is 17.8. The van der Waals surface area contributed by atoms with E-state index in [2.05, 4.69) is 0 Å². The molecule has 0 fully saturated rings. The Morgan fingerprint density at radius 2 is 1.80 bits per heavy atom. The number of carbonyl (C=O) groups is 1. The van der Waals surface area contributed by atoms with E-state index >= 15 is 0 Å². The smallest absolute Gasteiger partial charge is 0.231 e. The number of allylic oxidation sites excluding steroid dienone is 1. The second-order valence-corrected chi connectivity index (χ2v) is 8.16. The third-order valence-corrected chi connectivity index (χ3v) is 5.54. The molecular weight excluding hydrogens is 421 g/mol. The molecule has 0 spiro atoms. The predicted octanol–water partition coefficient (Wildman–Crippen LogP) is 3.90. The molecule has 1 N–H and O–H groups in total. The van der Waals surface area contributed by atoms with Gasteiger partial charge in [-0.05, 0) is 29.8 Å². The highest BCUT2D eigenvalue weighted by Crippen LogP contribution is 2.38. The first kappa shape index (κ1) is 20.5. The maximum atomic E-state index is 12.8. The summed E-state index contributed by atoms with van der Waals surface area (Å²) in [7, 11) is 2.01. The van der Waals surface area contributed by atoms with Crippen molar-refractivity contribution >= 4 is 35.1 Å². The second kappa shape index (κ2) is 8.52. The Morgan fingerprint density at radius 1 is 1.03 bits per heavy atom. The Hall–Kier alpha value is -2.79. The molecule has 4 rings (SSSR count). The number of fused-ring (bicyclic) bond motifs is 1. The average Bonchev–Trinajstić information content (AvgIpc) is 3.03. The van der Waals surface area contributed by atoms with E-state index in [4.69, 9.17) is 27.9 Å². The summed E-state index contributed by atoms with van der Waals surface area (Å²) in [5, 5.41) is 13.5. The van der Waals surface area contributed by atoms with Crippen molar-refractivity contribution in [1.82, 2.24) is 0 Å². The monoisotopic (exact) mass is 439 g/mol. The number of hydrogen-bond acceptors (Lipinski definition) is 3. The van der Waals surface area contributed by atoms with Gasteiger partial charge < -0.3 is 14.7 Å². The van der Waals surface area contributed by atoms with E-state index in [0.717, 1.165) is 11.4 Å². The van der Waals surface area contributed by atoms with Crippen LogP contribution in [0, 0.1) is 0 Å². The van der Waals surface area contributed by atoms with Gasteiger partial charge in [-0.15, -0.1) is 0 Å². The van der Waals surface area contributed by atoms with Crippen LogP contribution in [-0.2, 0) is 13.1 Å². The maximum Gasteiger partial charge on any atom is 0.231 e. The van der Waals surface area contributed by atoms with E-state index in [1.165, 1.54) is 17.7 Å². The molecule has 0 aromatic heterocycles. The third kappa shape index (κ3) is 4.21. The highest BCUT2D eigenvalue weighted by atomic mass is 35.5. The van der Waals surface area contributed by atoms with Crippen LogP contribution in [0.1, 0.15) is 27.0 Å². The van der Waals surface area contributed by atoms with Crippen molar-refractivity contribution in [1.29, 1.82) is 0 Å². The van der Waals surface area contributed by atoms with E-state index in [-0.39, 0.29) is 17.3 Å². The molecule has 3 aromatic carbocycles. The summed E-state index contributed by atoms with van der Waals surface area (Å²) in [5.74, 6) is 0.0794. The molecule has 0 saturated heterocycles. The number of quaternary nitrogens is 1. The summed E-state index contributed by atoms with van der Waals surface area (Å²) in [5.41, 5.74) is 2.69. The minimum atomic E-state index is -0.266. The quantitative estimate of drug-likeness (QED) is 0.613. The van der Waals surface area contributed by atoms with Crippen LogP contribution in [0.3, 0.4) is 0 Å². The van der Waals surface area contributed by atoms with E-state index in [9.17, 15) is 9.90 Å². The lowest BCUT2D eigenvalue weighted by Gasteiger charge is -2.20. The average molecular weight is 440 g/mol. The molecule has 0 amide bonds.